The Kier molecular flexibility index (Phi) is 8.88. The molecule has 1 saturated heterocycles. The van der Waals surface area contributed by atoms with Crippen LogP contribution in [0.3, 0.4) is 0 Å². The van der Waals surface area contributed by atoms with E-state index in [2.05, 4.69) is 15.2 Å². The van der Waals surface area contributed by atoms with Crippen LogP contribution in [0.4, 0.5) is 19.0 Å². The summed E-state index contributed by atoms with van der Waals surface area (Å²) in [5, 5.41) is 20.1. The van der Waals surface area contributed by atoms with Gasteiger partial charge in [-0.3, -0.25) is 10.2 Å². The third kappa shape index (κ3) is 7.56. The fraction of sp³-hybridized carbons (Fsp3) is 0.280. The number of anilines is 1. The van der Waals surface area contributed by atoms with E-state index in [1.54, 1.807) is 18.3 Å². The third-order valence-electron chi connectivity index (χ3n) is 5.51. The van der Waals surface area contributed by atoms with Crippen LogP contribution in [0.2, 0.25) is 0 Å². The number of nitrogens with one attached hydrogen (secondary N) is 2. The van der Waals surface area contributed by atoms with Gasteiger partial charge >= 0.3 is 12.1 Å². The number of fused-ring (bicyclic) bond motifs is 1. The molecule has 2 heterocycles. The maximum Gasteiger partial charge on any atom is 0.490 e. The molecule has 5 N–H and O–H groups in total. The predicted octanol–water partition coefficient (Wildman–Crippen LogP) is 3.68. The summed E-state index contributed by atoms with van der Waals surface area (Å²) in [5.74, 6) is -1.25. The van der Waals surface area contributed by atoms with Gasteiger partial charge in [-0.2, -0.15) is 13.2 Å². The van der Waals surface area contributed by atoms with Gasteiger partial charge in [0.1, 0.15) is 24.0 Å². The van der Waals surface area contributed by atoms with Crippen molar-refractivity contribution in [2.45, 2.75) is 19.0 Å². The molecule has 0 aliphatic carbocycles. The van der Waals surface area contributed by atoms with E-state index in [0.29, 0.717) is 36.1 Å². The number of nitrogen functional groups attached to an aromatic ring is 1. The second-order valence-electron chi connectivity index (χ2n) is 8.11. The van der Waals surface area contributed by atoms with Gasteiger partial charge in [-0.1, -0.05) is 18.2 Å². The molecule has 1 amide bonds. The second kappa shape index (κ2) is 12.1. The maximum absolute atomic E-state index is 12.4. The largest absolute Gasteiger partial charge is 0.492 e. The maximum atomic E-state index is 12.4. The van der Waals surface area contributed by atoms with Crippen molar-refractivity contribution >= 4 is 34.3 Å². The Bertz CT molecular complexity index is 1260. The number of benzene rings is 2. The molecular weight excluding hydrogens is 491 g/mol. The molecule has 0 saturated carbocycles. The third-order valence-corrected chi connectivity index (χ3v) is 5.51. The number of aromatic nitrogens is 1. The Morgan fingerprint density at radius 3 is 2.32 bits per heavy atom. The topological polar surface area (TPSA) is 142 Å². The lowest BCUT2D eigenvalue weighted by Crippen LogP contribution is -2.29. The molecule has 0 atom stereocenters. The number of aliphatic carboxylic acids is 1. The van der Waals surface area contributed by atoms with E-state index in [4.69, 9.17) is 25.8 Å². The van der Waals surface area contributed by atoms with Crippen LogP contribution in [0.1, 0.15) is 28.8 Å². The number of likely N-dealkylation sites (tertiary alicyclic amines) is 1. The van der Waals surface area contributed by atoms with Crippen molar-refractivity contribution in [2.75, 3.05) is 32.0 Å². The van der Waals surface area contributed by atoms with Crippen LogP contribution in [0, 0.1) is 5.41 Å². The van der Waals surface area contributed by atoms with E-state index in [0.717, 1.165) is 42.3 Å². The molecule has 1 aliphatic heterocycles. The second-order valence-corrected chi connectivity index (χ2v) is 8.11. The van der Waals surface area contributed by atoms with Crippen molar-refractivity contribution < 1.29 is 32.6 Å². The normalized spacial score (nSPS) is 13.0. The van der Waals surface area contributed by atoms with Crippen molar-refractivity contribution in [3.05, 3.63) is 65.9 Å². The molecule has 1 aliphatic rings. The van der Waals surface area contributed by atoms with Gasteiger partial charge < -0.3 is 25.8 Å². The van der Waals surface area contributed by atoms with E-state index < -0.39 is 12.1 Å². The van der Waals surface area contributed by atoms with Gasteiger partial charge in [0, 0.05) is 35.8 Å². The van der Waals surface area contributed by atoms with Crippen LogP contribution in [0.15, 0.2) is 54.7 Å². The van der Waals surface area contributed by atoms with Gasteiger partial charge in [0.2, 0.25) is 0 Å². The summed E-state index contributed by atoms with van der Waals surface area (Å²) in [4.78, 5) is 27.4. The van der Waals surface area contributed by atoms with Gasteiger partial charge in [-0.25, -0.2) is 9.78 Å². The number of carbonyl (C=O) groups excluding carboxylic acids is 1. The molecule has 12 heteroatoms. The van der Waals surface area contributed by atoms with E-state index in [1.807, 2.05) is 36.4 Å². The van der Waals surface area contributed by atoms with Crippen LogP contribution in [-0.2, 0) is 4.79 Å². The molecule has 0 radical (unpaired) electrons. The smallest absolute Gasteiger partial charge is 0.490 e. The molecule has 9 nitrogen and oxygen atoms in total. The Morgan fingerprint density at radius 1 is 1.08 bits per heavy atom. The first-order chi connectivity index (χ1) is 17.6. The number of rotatable bonds is 6. The van der Waals surface area contributed by atoms with Gasteiger partial charge in [-0.15, -0.1) is 0 Å². The molecule has 1 fully saturated rings. The van der Waals surface area contributed by atoms with E-state index in [9.17, 15) is 18.0 Å². The number of hydrogen-bond donors (Lipinski definition) is 4. The Balaban J connectivity index is 0.000000479. The number of ether oxygens (including phenoxy) is 1. The molecule has 3 aromatic rings. The quantitative estimate of drug-likeness (QED) is 0.222. The average Bonchev–Trinajstić information content (AvgIpc) is 3.41. The number of nitrogens with zero attached hydrogens (tertiary/aromatic N) is 2. The lowest BCUT2D eigenvalue weighted by molar-refractivity contribution is -0.192. The number of amidine groups is 1. The van der Waals surface area contributed by atoms with Gasteiger partial charge in [0.15, 0.2) is 0 Å². The molecule has 1 aromatic heterocycles. The molecule has 196 valence electrons. The fourth-order valence-corrected chi connectivity index (χ4v) is 3.60. The number of nitrogens with two attached hydrogens (primary N) is 1. The Morgan fingerprint density at radius 2 is 1.70 bits per heavy atom. The summed E-state index contributed by atoms with van der Waals surface area (Å²) in [7, 11) is 0. The zero-order chi connectivity index (χ0) is 27.0. The predicted molar refractivity (Wildman–Crippen MR) is 132 cm³/mol. The minimum atomic E-state index is -5.08. The molecule has 0 unspecified atom stereocenters. The van der Waals surface area contributed by atoms with E-state index >= 15 is 0 Å². The number of carboxylic acid groups (broad SMARTS) is 1. The van der Waals surface area contributed by atoms with Crippen molar-refractivity contribution in [3.8, 4) is 5.75 Å². The van der Waals surface area contributed by atoms with E-state index in [-0.39, 0.29) is 5.91 Å². The number of halogens is 3. The van der Waals surface area contributed by atoms with Crippen LogP contribution >= 0.6 is 0 Å². The first kappa shape index (κ1) is 27.2. The molecule has 4 rings (SSSR count). The van der Waals surface area contributed by atoms with Gasteiger partial charge in [-0.05, 0) is 48.6 Å². The Hall–Kier alpha value is -4.35. The van der Waals surface area contributed by atoms with Crippen LogP contribution in [0.5, 0.6) is 5.75 Å². The number of carboxylic acids is 1. The minimum Gasteiger partial charge on any atom is -0.492 e. The molecule has 2 aromatic carbocycles. The standard InChI is InChI=1S/C23H25N5O2.C2HF3O2/c24-21-20-15-19(8-7-16(20)9-10-26-21)30-14-11-27-23(29)18-5-3-17(4-6-18)22(25)28-12-1-2-13-28;3-2(4,5)1(6)7/h3-10,15,25H,1-2,11-14H2,(H2,24,26)(H,27,29);(H,6,7). The van der Waals surface area contributed by atoms with E-state index in [1.165, 1.54) is 0 Å². The summed E-state index contributed by atoms with van der Waals surface area (Å²) in [6.45, 7) is 2.59. The summed E-state index contributed by atoms with van der Waals surface area (Å²) in [6.07, 6.45) is -1.14. The van der Waals surface area contributed by atoms with Crippen molar-refractivity contribution in [1.82, 2.24) is 15.2 Å². The SMILES string of the molecule is N=C(c1ccc(C(=O)NCCOc2ccc3ccnc(N)c3c2)cc1)N1CCCC1.O=C(O)C(F)(F)F. The molecular formula is C25H26F3N5O4. The molecule has 0 bridgehead atoms. The summed E-state index contributed by atoms with van der Waals surface area (Å²) in [5.41, 5.74) is 7.31. The minimum absolute atomic E-state index is 0.162. The number of alkyl halides is 3. The molecule has 0 spiro atoms. The first-order valence-electron chi connectivity index (χ1n) is 11.4. The first-order valence-corrected chi connectivity index (χ1v) is 11.4. The highest BCUT2D eigenvalue weighted by molar-refractivity contribution is 5.99. The zero-order valence-electron chi connectivity index (χ0n) is 19.7. The Labute approximate surface area is 210 Å². The molecule has 37 heavy (non-hydrogen) atoms. The zero-order valence-corrected chi connectivity index (χ0v) is 19.7. The highest BCUT2D eigenvalue weighted by Crippen LogP contribution is 2.24. The fourth-order valence-electron chi connectivity index (χ4n) is 3.60. The van der Waals surface area contributed by atoms with Gasteiger partial charge in [0.25, 0.3) is 5.91 Å². The monoisotopic (exact) mass is 517 g/mol. The van der Waals surface area contributed by atoms with Crippen molar-refractivity contribution in [1.29, 1.82) is 5.41 Å². The number of pyridine rings is 1. The highest BCUT2D eigenvalue weighted by Gasteiger charge is 2.38. The van der Waals surface area contributed by atoms with Crippen molar-refractivity contribution in [3.63, 3.8) is 0 Å². The van der Waals surface area contributed by atoms with Crippen LogP contribution < -0.4 is 15.8 Å². The van der Waals surface area contributed by atoms with Crippen LogP contribution in [0.25, 0.3) is 10.8 Å². The summed E-state index contributed by atoms with van der Waals surface area (Å²) < 4.78 is 37.5. The number of amides is 1. The van der Waals surface area contributed by atoms with Crippen molar-refractivity contribution in [2.24, 2.45) is 0 Å². The lowest BCUT2D eigenvalue weighted by Gasteiger charge is -2.18. The lowest BCUT2D eigenvalue weighted by atomic mass is 10.1. The highest BCUT2D eigenvalue weighted by atomic mass is 19.4. The summed E-state index contributed by atoms with van der Waals surface area (Å²) in [6, 6.07) is 14.7. The van der Waals surface area contributed by atoms with Crippen LogP contribution in [-0.4, -0.2) is 65.1 Å². The number of carbonyl (C=O) groups is 2. The van der Waals surface area contributed by atoms with Gasteiger partial charge in [0.05, 0.1) is 6.54 Å². The average molecular weight is 518 g/mol. The summed E-state index contributed by atoms with van der Waals surface area (Å²) >= 11 is 0. The number of hydrogen-bond acceptors (Lipinski definition) is 6.